The van der Waals surface area contributed by atoms with Gasteiger partial charge in [-0.25, -0.2) is 9.97 Å². The minimum absolute atomic E-state index is 0.119. The molecule has 0 aliphatic rings. The highest BCUT2D eigenvalue weighted by atomic mass is 28.4. The number of hydrogen-bond donors (Lipinski definition) is 0. The first-order valence-corrected chi connectivity index (χ1v) is 14.6. The first kappa shape index (κ1) is 23.7. The molecule has 1 aromatic heterocycles. The fourth-order valence-corrected chi connectivity index (χ4v) is 4.63. The van der Waals surface area contributed by atoms with Crippen molar-refractivity contribution in [3.63, 3.8) is 0 Å². The molecule has 0 bridgehead atoms. The first-order chi connectivity index (χ1) is 16.2. The van der Waals surface area contributed by atoms with Gasteiger partial charge in [-0.05, 0) is 79.0 Å². The van der Waals surface area contributed by atoms with Crippen LogP contribution in [0, 0.1) is 11.3 Å². The lowest BCUT2D eigenvalue weighted by atomic mass is 10.0. The van der Waals surface area contributed by atoms with Crippen molar-refractivity contribution in [3.8, 4) is 23.2 Å². The maximum atomic E-state index is 9.13. The number of aryl methyl sites for hydroxylation is 2. The van der Waals surface area contributed by atoms with Crippen LogP contribution >= 0.6 is 0 Å². The van der Waals surface area contributed by atoms with Crippen molar-refractivity contribution in [2.75, 3.05) is 0 Å². The zero-order chi connectivity index (χ0) is 24.3. The second-order valence-corrected chi connectivity index (χ2v) is 14.9. The molecule has 0 spiro atoms. The molecular formula is C29H31N3OSi. The van der Waals surface area contributed by atoms with Crippen molar-refractivity contribution in [3.05, 3.63) is 89.6 Å². The Morgan fingerprint density at radius 2 is 1.59 bits per heavy atom. The summed E-state index contributed by atoms with van der Waals surface area (Å²) in [7, 11) is -1.96. The Hall–Kier alpha value is -3.49. The van der Waals surface area contributed by atoms with Gasteiger partial charge in [0.15, 0.2) is 5.82 Å². The SMILES string of the molecule is CC(C)(C)[Si](C)(C)Oc1ccc2nc(-c3ccc(C#N)cc3)nc(CCc3ccccc3)c2c1. The van der Waals surface area contributed by atoms with E-state index >= 15 is 0 Å². The fraction of sp³-hybridized carbons (Fsp3) is 0.276. The molecule has 4 aromatic rings. The highest BCUT2D eigenvalue weighted by molar-refractivity contribution is 6.74. The van der Waals surface area contributed by atoms with Gasteiger partial charge >= 0.3 is 0 Å². The largest absolute Gasteiger partial charge is 0.543 e. The van der Waals surface area contributed by atoms with E-state index in [0.717, 1.165) is 40.8 Å². The Kier molecular flexibility index (Phi) is 6.54. The molecule has 3 aromatic carbocycles. The summed E-state index contributed by atoms with van der Waals surface area (Å²) in [5.41, 5.74) is 4.72. The lowest BCUT2D eigenvalue weighted by molar-refractivity contribution is 0.492. The normalized spacial score (nSPS) is 11.9. The summed E-state index contributed by atoms with van der Waals surface area (Å²) in [6.07, 6.45) is 1.70. The van der Waals surface area contributed by atoms with E-state index in [4.69, 9.17) is 19.7 Å². The number of fused-ring (bicyclic) bond motifs is 1. The van der Waals surface area contributed by atoms with Crippen LogP contribution in [0.2, 0.25) is 18.1 Å². The third-order valence-corrected chi connectivity index (χ3v) is 11.0. The predicted molar refractivity (Wildman–Crippen MR) is 141 cm³/mol. The van der Waals surface area contributed by atoms with E-state index < -0.39 is 8.32 Å². The quantitative estimate of drug-likeness (QED) is 0.280. The molecule has 0 aliphatic heterocycles. The van der Waals surface area contributed by atoms with E-state index in [1.807, 2.05) is 42.5 Å². The van der Waals surface area contributed by atoms with E-state index in [2.05, 4.69) is 70.3 Å². The average Bonchev–Trinajstić information content (AvgIpc) is 2.82. The van der Waals surface area contributed by atoms with Gasteiger partial charge in [0.1, 0.15) is 5.75 Å². The van der Waals surface area contributed by atoms with Crippen LogP contribution in [-0.4, -0.2) is 18.3 Å². The summed E-state index contributed by atoms with van der Waals surface area (Å²) in [4.78, 5) is 9.85. The molecule has 0 radical (unpaired) electrons. The Balaban J connectivity index is 1.76. The molecule has 4 nitrogen and oxygen atoms in total. The summed E-state index contributed by atoms with van der Waals surface area (Å²) >= 11 is 0. The molecule has 172 valence electrons. The molecule has 0 unspecified atom stereocenters. The summed E-state index contributed by atoms with van der Waals surface area (Å²) < 4.78 is 6.59. The van der Waals surface area contributed by atoms with Crippen LogP contribution in [-0.2, 0) is 12.8 Å². The first-order valence-electron chi connectivity index (χ1n) is 11.7. The van der Waals surface area contributed by atoms with Gasteiger partial charge in [0, 0.05) is 10.9 Å². The Bertz CT molecular complexity index is 1330. The summed E-state index contributed by atoms with van der Waals surface area (Å²) in [5.74, 6) is 1.56. The smallest absolute Gasteiger partial charge is 0.250 e. The number of aromatic nitrogens is 2. The predicted octanol–water partition coefficient (Wildman–Crippen LogP) is 7.34. The third kappa shape index (κ3) is 5.18. The summed E-state index contributed by atoms with van der Waals surface area (Å²) in [6.45, 7) is 11.3. The van der Waals surface area contributed by atoms with E-state index in [1.54, 1.807) is 0 Å². The van der Waals surface area contributed by atoms with Crippen LogP contribution in [0.15, 0.2) is 72.8 Å². The number of hydrogen-bond acceptors (Lipinski definition) is 4. The zero-order valence-electron chi connectivity index (χ0n) is 20.6. The molecule has 0 atom stereocenters. The fourth-order valence-electron chi connectivity index (χ4n) is 3.60. The molecule has 0 aliphatic carbocycles. The third-order valence-electron chi connectivity index (χ3n) is 6.69. The molecule has 0 amide bonds. The van der Waals surface area contributed by atoms with Crippen LogP contribution in [0.4, 0.5) is 0 Å². The molecule has 0 N–H and O–H groups in total. The molecule has 4 rings (SSSR count). The van der Waals surface area contributed by atoms with Gasteiger partial charge in [0.2, 0.25) is 8.32 Å². The van der Waals surface area contributed by atoms with Crippen LogP contribution < -0.4 is 4.43 Å². The Labute approximate surface area is 203 Å². The van der Waals surface area contributed by atoms with E-state index in [1.165, 1.54) is 5.56 Å². The lowest BCUT2D eigenvalue weighted by Crippen LogP contribution is -2.43. The molecule has 0 saturated carbocycles. The van der Waals surface area contributed by atoms with Crippen LogP contribution in [0.3, 0.4) is 0 Å². The standard InChI is InChI=1S/C29H31N3OSi/c1-29(2,3)34(4,5)33-24-16-18-27-25(19-24)26(17-13-21-9-7-6-8-10-21)31-28(32-27)23-14-11-22(20-30)12-15-23/h6-12,14-16,18-19H,13,17H2,1-5H3. The van der Waals surface area contributed by atoms with Gasteiger partial charge in [0.05, 0.1) is 22.8 Å². The lowest BCUT2D eigenvalue weighted by Gasteiger charge is -2.36. The highest BCUT2D eigenvalue weighted by Crippen LogP contribution is 2.38. The van der Waals surface area contributed by atoms with Crippen LogP contribution in [0.25, 0.3) is 22.3 Å². The molecule has 34 heavy (non-hydrogen) atoms. The number of rotatable bonds is 6. The van der Waals surface area contributed by atoms with Crippen molar-refractivity contribution in [2.24, 2.45) is 0 Å². The second-order valence-electron chi connectivity index (χ2n) is 10.2. The number of nitriles is 1. The average molecular weight is 466 g/mol. The maximum Gasteiger partial charge on any atom is 0.250 e. The van der Waals surface area contributed by atoms with Gasteiger partial charge in [-0.2, -0.15) is 5.26 Å². The zero-order valence-corrected chi connectivity index (χ0v) is 21.6. The van der Waals surface area contributed by atoms with E-state index in [9.17, 15) is 0 Å². The molecule has 1 heterocycles. The van der Waals surface area contributed by atoms with Gasteiger partial charge in [-0.3, -0.25) is 0 Å². The van der Waals surface area contributed by atoms with Crippen LogP contribution in [0.5, 0.6) is 5.75 Å². The summed E-state index contributed by atoms with van der Waals surface area (Å²) in [6, 6.07) is 26.3. The van der Waals surface area contributed by atoms with Crippen molar-refractivity contribution < 1.29 is 4.43 Å². The van der Waals surface area contributed by atoms with Crippen molar-refractivity contribution in [1.82, 2.24) is 9.97 Å². The van der Waals surface area contributed by atoms with Crippen LogP contribution in [0.1, 0.15) is 37.6 Å². The number of benzene rings is 3. The van der Waals surface area contributed by atoms with Gasteiger partial charge in [0.25, 0.3) is 0 Å². The number of nitrogens with zero attached hydrogens (tertiary/aromatic N) is 3. The highest BCUT2D eigenvalue weighted by Gasteiger charge is 2.39. The molecule has 0 fully saturated rings. The van der Waals surface area contributed by atoms with E-state index in [0.29, 0.717) is 11.4 Å². The van der Waals surface area contributed by atoms with Gasteiger partial charge < -0.3 is 4.43 Å². The van der Waals surface area contributed by atoms with Crippen molar-refractivity contribution >= 4 is 19.2 Å². The minimum Gasteiger partial charge on any atom is -0.543 e. The van der Waals surface area contributed by atoms with E-state index in [-0.39, 0.29) is 5.04 Å². The molecular weight excluding hydrogens is 434 g/mol. The van der Waals surface area contributed by atoms with Crippen molar-refractivity contribution in [2.45, 2.75) is 51.7 Å². The summed E-state index contributed by atoms with van der Waals surface area (Å²) in [5, 5.41) is 10.3. The van der Waals surface area contributed by atoms with Gasteiger partial charge in [-0.1, -0.05) is 51.1 Å². The van der Waals surface area contributed by atoms with Crippen molar-refractivity contribution in [1.29, 1.82) is 5.26 Å². The molecule has 5 heteroatoms. The van der Waals surface area contributed by atoms with Gasteiger partial charge in [-0.15, -0.1) is 0 Å². The Morgan fingerprint density at radius 3 is 2.24 bits per heavy atom. The second kappa shape index (κ2) is 9.40. The Morgan fingerprint density at radius 1 is 0.882 bits per heavy atom. The monoisotopic (exact) mass is 465 g/mol. The maximum absolute atomic E-state index is 9.13. The topological polar surface area (TPSA) is 58.8 Å². The molecule has 0 saturated heterocycles. The minimum atomic E-state index is -1.96.